The van der Waals surface area contributed by atoms with E-state index in [1.807, 2.05) is 11.6 Å². The smallest absolute Gasteiger partial charge is 0.0641 e. The van der Waals surface area contributed by atoms with Crippen molar-refractivity contribution >= 4 is 0 Å². The van der Waals surface area contributed by atoms with E-state index in [1.165, 1.54) is 11.3 Å². The Morgan fingerprint density at radius 3 is 2.89 bits per heavy atom. The van der Waals surface area contributed by atoms with Gasteiger partial charge in [0.1, 0.15) is 0 Å². The van der Waals surface area contributed by atoms with Gasteiger partial charge in [-0.15, -0.1) is 0 Å². The Bertz CT molecular complexity index is 406. The van der Waals surface area contributed by atoms with Gasteiger partial charge in [0.25, 0.3) is 0 Å². The van der Waals surface area contributed by atoms with Gasteiger partial charge in [-0.2, -0.15) is 10.4 Å². The maximum atomic E-state index is 8.54. The van der Waals surface area contributed by atoms with Crippen LogP contribution in [0.5, 0.6) is 0 Å². The quantitative estimate of drug-likeness (QED) is 0.711. The average Bonchev–Trinajstić information content (AvgIpc) is 2.62. The van der Waals surface area contributed by atoms with Crippen LogP contribution in [-0.2, 0) is 17.8 Å². The molecule has 100 valence electrons. The number of aryl methyl sites for hydroxylation is 2. The van der Waals surface area contributed by atoms with Crippen molar-refractivity contribution in [3.63, 3.8) is 0 Å². The lowest BCUT2D eigenvalue weighted by molar-refractivity contribution is 0.199. The second-order valence-electron chi connectivity index (χ2n) is 4.30. The highest BCUT2D eigenvalue weighted by Gasteiger charge is 2.10. The van der Waals surface area contributed by atoms with Gasteiger partial charge in [-0.3, -0.25) is 4.68 Å². The highest BCUT2D eigenvalue weighted by atomic mass is 16.5. The number of nitrogens with zero attached hydrogens (tertiary/aromatic N) is 3. The van der Waals surface area contributed by atoms with E-state index in [2.05, 4.69) is 23.4 Å². The highest BCUT2D eigenvalue weighted by molar-refractivity contribution is 5.24. The Balaban J connectivity index is 2.54. The molecule has 0 spiro atoms. The van der Waals surface area contributed by atoms with Crippen molar-refractivity contribution in [2.45, 2.75) is 39.8 Å². The van der Waals surface area contributed by atoms with Crippen LogP contribution in [0.4, 0.5) is 0 Å². The van der Waals surface area contributed by atoms with E-state index in [1.54, 1.807) is 7.11 Å². The topological polar surface area (TPSA) is 62.9 Å². The number of methoxy groups -OCH3 is 1. The maximum Gasteiger partial charge on any atom is 0.0641 e. The van der Waals surface area contributed by atoms with E-state index in [9.17, 15) is 0 Å². The first kappa shape index (κ1) is 14.7. The average molecular weight is 250 g/mol. The number of rotatable bonds is 8. The van der Waals surface area contributed by atoms with E-state index >= 15 is 0 Å². The molecule has 18 heavy (non-hydrogen) atoms. The van der Waals surface area contributed by atoms with Crippen LogP contribution in [0.3, 0.4) is 0 Å². The predicted molar refractivity (Wildman–Crippen MR) is 70.1 cm³/mol. The third-order valence-electron chi connectivity index (χ3n) is 2.97. The van der Waals surface area contributed by atoms with Gasteiger partial charge in [-0.25, -0.2) is 0 Å². The summed E-state index contributed by atoms with van der Waals surface area (Å²) in [6.45, 7) is 7.31. The van der Waals surface area contributed by atoms with Gasteiger partial charge in [-0.05, 0) is 20.3 Å². The highest BCUT2D eigenvalue weighted by Crippen LogP contribution is 2.13. The molecule has 0 bridgehead atoms. The summed E-state index contributed by atoms with van der Waals surface area (Å²) in [5, 5.41) is 16.4. The van der Waals surface area contributed by atoms with Crippen LogP contribution < -0.4 is 5.32 Å². The summed E-state index contributed by atoms with van der Waals surface area (Å²) in [6.07, 6.45) is 1.44. The van der Waals surface area contributed by atoms with Gasteiger partial charge in [0, 0.05) is 44.4 Å². The molecule has 1 aromatic rings. The minimum absolute atomic E-state index is 0.583. The first-order chi connectivity index (χ1) is 8.70. The third kappa shape index (κ3) is 4.13. The molecule has 1 heterocycles. The Morgan fingerprint density at radius 2 is 2.22 bits per heavy atom. The molecule has 0 radical (unpaired) electrons. The number of hydrogen-bond acceptors (Lipinski definition) is 4. The molecule has 0 aliphatic carbocycles. The fourth-order valence-corrected chi connectivity index (χ4v) is 1.90. The Hall–Kier alpha value is -1.38. The second kappa shape index (κ2) is 7.85. The van der Waals surface area contributed by atoms with Gasteiger partial charge in [-0.1, -0.05) is 0 Å². The number of unbranched alkanes of at least 4 members (excludes halogenated alkanes) is 1. The van der Waals surface area contributed by atoms with Gasteiger partial charge >= 0.3 is 0 Å². The molecule has 1 rings (SSSR count). The molecule has 1 N–H and O–H groups in total. The number of ether oxygens (including phenoxy) is 1. The van der Waals surface area contributed by atoms with Gasteiger partial charge in [0.05, 0.1) is 18.4 Å². The van der Waals surface area contributed by atoms with Crippen molar-refractivity contribution in [1.82, 2.24) is 15.1 Å². The summed E-state index contributed by atoms with van der Waals surface area (Å²) in [5.41, 5.74) is 3.51. The van der Waals surface area contributed by atoms with Crippen molar-refractivity contribution in [2.75, 3.05) is 20.3 Å². The molecule has 0 unspecified atom stereocenters. The molecular formula is C13H22N4O. The van der Waals surface area contributed by atoms with Gasteiger partial charge in [0.15, 0.2) is 0 Å². The fraction of sp³-hybridized carbons (Fsp3) is 0.692. The predicted octanol–water partition coefficient (Wildman–Crippen LogP) is 1.54. The molecule has 0 fully saturated rings. The molecule has 0 atom stereocenters. The van der Waals surface area contributed by atoms with Crippen LogP contribution in [-0.4, -0.2) is 30.0 Å². The summed E-state index contributed by atoms with van der Waals surface area (Å²) in [7, 11) is 1.70. The first-order valence-electron chi connectivity index (χ1n) is 6.30. The molecule has 5 nitrogen and oxygen atoms in total. The minimum Gasteiger partial charge on any atom is -0.383 e. The summed E-state index contributed by atoms with van der Waals surface area (Å²) in [4.78, 5) is 0. The molecule has 0 aliphatic heterocycles. The maximum absolute atomic E-state index is 8.54. The third-order valence-corrected chi connectivity index (χ3v) is 2.97. The van der Waals surface area contributed by atoms with Gasteiger partial charge < -0.3 is 10.1 Å². The summed E-state index contributed by atoms with van der Waals surface area (Å²) in [5.74, 6) is 0. The standard InChI is InChI=1S/C13H22N4O/c1-11-13(10-15-7-9-18-3)12(2)17(16-11)8-5-4-6-14/h15H,4-5,7-10H2,1-3H3. The second-order valence-corrected chi connectivity index (χ2v) is 4.30. The van der Waals surface area contributed by atoms with Crippen molar-refractivity contribution in [3.05, 3.63) is 17.0 Å². The molecule has 0 saturated carbocycles. The van der Waals surface area contributed by atoms with E-state index in [0.717, 1.165) is 31.7 Å². The fourth-order valence-electron chi connectivity index (χ4n) is 1.90. The van der Waals surface area contributed by atoms with Crippen LogP contribution in [0, 0.1) is 25.2 Å². The zero-order chi connectivity index (χ0) is 13.4. The monoisotopic (exact) mass is 250 g/mol. The van der Waals surface area contributed by atoms with Crippen LogP contribution in [0.2, 0.25) is 0 Å². The van der Waals surface area contributed by atoms with Gasteiger partial charge in [0.2, 0.25) is 0 Å². The van der Waals surface area contributed by atoms with E-state index in [4.69, 9.17) is 10.00 Å². The summed E-state index contributed by atoms with van der Waals surface area (Å²) < 4.78 is 7.00. The lowest BCUT2D eigenvalue weighted by Gasteiger charge is -2.06. The van der Waals surface area contributed by atoms with Crippen LogP contribution >= 0.6 is 0 Å². The lowest BCUT2D eigenvalue weighted by Crippen LogP contribution is -2.19. The van der Waals surface area contributed by atoms with Crippen molar-refractivity contribution in [1.29, 1.82) is 5.26 Å². The Kier molecular flexibility index (Phi) is 6.40. The Labute approximate surface area is 109 Å². The zero-order valence-corrected chi connectivity index (χ0v) is 11.5. The Morgan fingerprint density at radius 1 is 1.44 bits per heavy atom. The number of nitriles is 1. The van der Waals surface area contributed by atoms with Crippen molar-refractivity contribution in [2.24, 2.45) is 0 Å². The van der Waals surface area contributed by atoms with E-state index < -0.39 is 0 Å². The van der Waals surface area contributed by atoms with Crippen LogP contribution in [0.25, 0.3) is 0 Å². The van der Waals surface area contributed by atoms with Crippen LogP contribution in [0.15, 0.2) is 0 Å². The number of hydrogen-bond donors (Lipinski definition) is 1. The number of nitrogens with one attached hydrogen (secondary N) is 1. The largest absolute Gasteiger partial charge is 0.383 e. The SMILES string of the molecule is COCCNCc1c(C)nn(CCCC#N)c1C. The molecule has 0 amide bonds. The first-order valence-corrected chi connectivity index (χ1v) is 6.30. The van der Waals surface area contributed by atoms with Crippen molar-refractivity contribution in [3.8, 4) is 6.07 Å². The zero-order valence-electron chi connectivity index (χ0n) is 11.5. The van der Waals surface area contributed by atoms with E-state index in [0.29, 0.717) is 13.0 Å². The molecule has 5 heteroatoms. The van der Waals surface area contributed by atoms with E-state index in [-0.39, 0.29) is 0 Å². The number of aromatic nitrogens is 2. The molecule has 1 aromatic heterocycles. The minimum atomic E-state index is 0.583. The normalized spacial score (nSPS) is 10.6. The molecule has 0 aromatic carbocycles. The molecular weight excluding hydrogens is 228 g/mol. The molecule has 0 aliphatic rings. The lowest BCUT2D eigenvalue weighted by atomic mass is 10.2. The summed E-state index contributed by atoms with van der Waals surface area (Å²) >= 11 is 0. The van der Waals surface area contributed by atoms with Crippen LogP contribution in [0.1, 0.15) is 29.8 Å². The van der Waals surface area contributed by atoms with Crippen molar-refractivity contribution < 1.29 is 4.74 Å². The summed E-state index contributed by atoms with van der Waals surface area (Å²) in [6, 6.07) is 2.16. The molecule has 0 saturated heterocycles.